The van der Waals surface area contributed by atoms with Crippen LogP contribution in [0, 0.1) is 5.41 Å². The molecule has 1 aromatic rings. The first-order valence-electron chi connectivity index (χ1n) is 9.06. The summed E-state index contributed by atoms with van der Waals surface area (Å²) >= 11 is 3.48. The maximum absolute atomic E-state index is 11.5. The standard InChI is InChI=1S/C18H26N2O2S2/c1-3-22-15-9-14(18(15)6-4-5-7-18)19-11(2)13-8-12-17(24-13)23-10-16(21)20-12/h8,11,14-15,19H,3-7,9-10H2,1-2H3,(H,20,21)/t11-,14+,15+/m0/s1. The van der Waals surface area contributed by atoms with Gasteiger partial charge in [-0.3, -0.25) is 4.79 Å². The van der Waals surface area contributed by atoms with Crippen LogP contribution in [0.25, 0.3) is 0 Å². The highest BCUT2D eigenvalue weighted by Crippen LogP contribution is 2.55. The predicted octanol–water partition coefficient (Wildman–Crippen LogP) is 4.18. The van der Waals surface area contributed by atoms with Crippen LogP contribution >= 0.6 is 23.1 Å². The molecular formula is C18H26N2O2S2. The zero-order valence-corrected chi connectivity index (χ0v) is 16.0. The zero-order chi connectivity index (χ0) is 16.7. The SMILES string of the molecule is CCO[C@@H]1C[C@@H](N[C@@H](C)c2cc3c(s2)SCC(=O)N3)C12CCCC2. The summed E-state index contributed by atoms with van der Waals surface area (Å²) in [7, 11) is 0. The Labute approximate surface area is 152 Å². The lowest BCUT2D eigenvalue weighted by atomic mass is 9.60. The van der Waals surface area contributed by atoms with Crippen molar-refractivity contribution in [1.29, 1.82) is 0 Å². The molecule has 132 valence electrons. The molecule has 2 heterocycles. The number of amides is 1. The number of carbonyl (C=O) groups is 1. The number of hydrogen-bond donors (Lipinski definition) is 2. The largest absolute Gasteiger partial charge is 0.378 e. The maximum atomic E-state index is 11.5. The van der Waals surface area contributed by atoms with Gasteiger partial charge in [-0.25, -0.2) is 0 Å². The molecule has 0 aromatic carbocycles. The smallest absolute Gasteiger partial charge is 0.234 e. The van der Waals surface area contributed by atoms with Gasteiger partial charge in [-0.2, -0.15) is 0 Å². The molecule has 0 bridgehead atoms. The predicted molar refractivity (Wildman–Crippen MR) is 99.9 cm³/mol. The zero-order valence-electron chi connectivity index (χ0n) is 14.4. The molecule has 0 radical (unpaired) electrons. The summed E-state index contributed by atoms with van der Waals surface area (Å²) in [5.41, 5.74) is 1.37. The monoisotopic (exact) mass is 366 g/mol. The molecule has 2 saturated carbocycles. The van der Waals surface area contributed by atoms with Crippen molar-refractivity contribution in [3.05, 3.63) is 10.9 Å². The number of fused-ring (bicyclic) bond motifs is 1. The summed E-state index contributed by atoms with van der Waals surface area (Å²) in [6.45, 7) is 5.18. The molecular weight excluding hydrogens is 340 g/mol. The molecule has 2 N–H and O–H groups in total. The van der Waals surface area contributed by atoms with Crippen LogP contribution < -0.4 is 10.6 Å². The van der Waals surface area contributed by atoms with Crippen molar-refractivity contribution in [3.63, 3.8) is 0 Å². The molecule has 1 amide bonds. The molecule has 0 unspecified atom stereocenters. The first kappa shape index (κ1) is 16.9. The number of nitrogens with one attached hydrogen (secondary N) is 2. The minimum absolute atomic E-state index is 0.112. The van der Waals surface area contributed by atoms with E-state index in [1.807, 2.05) is 11.3 Å². The summed E-state index contributed by atoms with van der Waals surface area (Å²) in [4.78, 5) is 12.9. The Bertz CT molecular complexity index is 625. The van der Waals surface area contributed by atoms with Gasteiger partial charge in [-0.15, -0.1) is 23.1 Å². The van der Waals surface area contributed by atoms with Gasteiger partial charge in [-0.1, -0.05) is 12.8 Å². The highest BCUT2D eigenvalue weighted by atomic mass is 32.2. The molecule has 2 aliphatic carbocycles. The van der Waals surface area contributed by atoms with Gasteiger partial charge in [0.2, 0.25) is 5.91 Å². The molecule has 1 aliphatic heterocycles. The van der Waals surface area contributed by atoms with Gasteiger partial charge in [0.25, 0.3) is 0 Å². The second-order valence-corrected chi connectivity index (χ2v) is 9.58. The van der Waals surface area contributed by atoms with E-state index < -0.39 is 0 Å². The molecule has 4 rings (SSSR count). The molecule has 6 heteroatoms. The van der Waals surface area contributed by atoms with Crippen molar-refractivity contribution in [2.45, 2.75) is 68.3 Å². The minimum atomic E-state index is 0.112. The average molecular weight is 367 g/mol. The van der Waals surface area contributed by atoms with Crippen molar-refractivity contribution in [2.24, 2.45) is 5.41 Å². The second-order valence-electron chi connectivity index (χ2n) is 7.25. The van der Waals surface area contributed by atoms with Crippen molar-refractivity contribution in [2.75, 3.05) is 17.7 Å². The van der Waals surface area contributed by atoms with Crippen molar-refractivity contribution in [3.8, 4) is 0 Å². The third-order valence-corrected chi connectivity index (χ3v) is 8.50. The Kier molecular flexibility index (Phi) is 4.67. The first-order valence-corrected chi connectivity index (χ1v) is 10.9. The van der Waals surface area contributed by atoms with Crippen molar-refractivity contribution >= 4 is 34.7 Å². The molecule has 1 aromatic heterocycles. The van der Waals surface area contributed by atoms with Gasteiger partial charge in [0.05, 0.1) is 21.8 Å². The Morgan fingerprint density at radius 1 is 1.46 bits per heavy atom. The molecule has 0 saturated heterocycles. The van der Waals surface area contributed by atoms with E-state index in [4.69, 9.17) is 4.74 Å². The summed E-state index contributed by atoms with van der Waals surface area (Å²) in [6, 6.07) is 3.04. The highest BCUT2D eigenvalue weighted by Gasteiger charge is 2.56. The third kappa shape index (κ3) is 2.81. The fourth-order valence-corrected chi connectivity index (χ4v) is 6.78. The minimum Gasteiger partial charge on any atom is -0.378 e. The van der Waals surface area contributed by atoms with E-state index in [0.29, 0.717) is 29.4 Å². The summed E-state index contributed by atoms with van der Waals surface area (Å²) in [6.07, 6.45) is 6.86. The molecule has 24 heavy (non-hydrogen) atoms. The normalized spacial score (nSPS) is 29.2. The van der Waals surface area contributed by atoms with E-state index in [1.165, 1.54) is 34.8 Å². The van der Waals surface area contributed by atoms with E-state index in [2.05, 4.69) is 30.5 Å². The van der Waals surface area contributed by atoms with E-state index in [-0.39, 0.29) is 5.91 Å². The lowest BCUT2D eigenvalue weighted by Crippen LogP contribution is -2.62. The van der Waals surface area contributed by atoms with Crippen LogP contribution in [-0.4, -0.2) is 30.4 Å². The molecule has 1 spiro atoms. The van der Waals surface area contributed by atoms with Gasteiger partial charge in [0.15, 0.2) is 0 Å². The van der Waals surface area contributed by atoms with Gasteiger partial charge in [-0.05, 0) is 39.2 Å². The van der Waals surface area contributed by atoms with Crippen molar-refractivity contribution < 1.29 is 9.53 Å². The number of thiophene rings is 1. The van der Waals surface area contributed by atoms with Gasteiger partial charge in [0, 0.05) is 29.0 Å². The quantitative estimate of drug-likeness (QED) is 0.821. The number of ether oxygens (including phenoxy) is 1. The topological polar surface area (TPSA) is 50.4 Å². The highest BCUT2D eigenvalue weighted by molar-refractivity contribution is 8.02. The number of rotatable bonds is 5. The number of anilines is 1. The maximum Gasteiger partial charge on any atom is 0.234 e. The number of thioether (sulfide) groups is 1. The molecule has 4 nitrogen and oxygen atoms in total. The Hall–Kier alpha value is -0.560. The molecule has 3 aliphatic rings. The van der Waals surface area contributed by atoms with Crippen LogP contribution in [0.4, 0.5) is 5.69 Å². The Balaban J connectivity index is 1.45. The number of hydrogen-bond acceptors (Lipinski definition) is 5. The summed E-state index contributed by atoms with van der Waals surface area (Å²) in [5, 5.41) is 6.87. The van der Waals surface area contributed by atoms with Gasteiger partial charge >= 0.3 is 0 Å². The fourth-order valence-electron chi connectivity index (χ4n) is 4.62. The van der Waals surface area contributed by atoms with E-state index in [1.54, 1.807) is 11.8 Å². The van der Waals surface area contributed by atoms with Gasteiger partial charge < -0.3 is 15.4 Å². The number of carbonyl (C=O) groups excluding carboxylic acids is 1. The van der Waals surface area contributed by atoms with E-state index in [0.717, 1.165) is 18.7 Å². The van der Waals surface area contributed by atoms with Gasteiger partial charge in [0.1, 0.15) is 0 Å². The van der Waals surface area contributed by atoms with Crippen LogP contribution in [0.2, 0.25) is 0 Å². The second kappa shape index (κ2) is 6.63. The Morgan fingerprint density at radius 3 is 3.00 bits per heavy atom. The van der Waals surface area contributed by atoms with E-state index >= 15 is 0 Å². The van der Waals surface area contributed by atoms with Crippen LogP contribution in [0.3, 0.4) is 0 Å². The summed E-state index contributed by atoms with van der Waals surface area (Å²) in [5.74, 6) is 0.650. The lowest BCUT2D eigenvalue weighted by molar-refractivity contribution is -0.132. The van der Waals surface area contributed by atoms with Crippen molar-refractivity contribution in [1.82, 2.24) is 5.32 Å². The fraction of sp³-hybridized carbons (Fsp3) is 0.722. The average Bonchev–Trinajstić information content (AvgIpc) is 3.21. The van der Waals surface area contributed by atoms with E-state index in [9.17, 15) is 4.79 Å². The molecule has 2 fully saturated rings. The van der Waals surface area contributed by atoms with Crippen LogP contribution in [0.15, 0.2) is 10.3 Å². The Morgan fingerprint density at radius 2 is 2.25 bits per heavy atom. The lowest BCUT2D eigenvalue weighted by Gasteiger charge is -2.55. The first-order chi connectivity index (χ1) is 11.6. The van der Waals surface area contributed by atoms with Crippen LogP contribution in [-0.2, 0) is 9.53 Å². The van der Waals surface area contributed by atoms with Crippen LogP contribution in [0.5, 0.6) is 0 Å². The summed E-state index contributed by atoms with van der Waals surface area (Å²) < 4.78 is 7.27. The third-order valence-electron chi connectivity index (χ3n) is 5.89. The molecule has 3 atom stereocenters. The van der Waals surface area contributed by atoms with Crippen LogP contribution in [0.1, 0.15) is 56.9 Å².